The van der Waals surface area contributed by atoms with E-state index in [1.165, 1.54) is 6.08 Å². The molecule has 0 unspecified atom stereocenters. The highest BCUT2D eigenvalue weighted by Crippen LogP contribution is 2.74. The molecule has 7 atom stereocenters. The molecule has 4 aliphatic heterocycles. The molecule has 0 radical (unpaired) electrons. The van der Waals surface area contributed by atoms with Crippen molar-refractivity contribution >= 4 is 11.9 Å². The van der Waals surface area contributed by atoms with E-state index in [1.54, 1.807) is 12.5 Å². The Hall–Kier alpha value is -2.80. The van der Waals surface area contributed by atoms with Crippen LogP contribution in [0.25, 0.3) is 0 Å². The number of hydrogen-bond donors (Lipinski definition) is 0. The van der Waals surface area contributed by atoms with Gasteiger partial charge in [-0.3, -0.25) is 0 Å². The molecule has 174 valence electrons. The van der Waals surface area contributed by atoms with Gasteiger partial charge in [-0.25, -0.2) is 9.59 Å². The van der Waals surface area contributed by atoms with Crippen molar-refractivity contribution in [3.8, 4) is 0 Å². The van der Waals surface area contributed by atoms with Crippen LogP contribution in [0.15, 0.2) is 59.7 Å². The van der Waals surface area contributed by atoms with Crippen molar-refractivity contribution in [3.63, 3.8) is 0 Å². The Labute approximate surface area is 192 Å². The number of carbonyl (C=O) groups is 2. The van der Waals surface area contributed by atoms with Crippen LogP contribution in [0, 0.1) is 16.2 Å². The minimum absolute atomic E-state index is 0.345. The van der Waals surface area contributed by atoms with Crippen LogP contribution >= 0.6 is 0 Å². The second-order valence-electron chi connectivity index (χ2n) is 10.9. The molecule has 7 nitrogen and oxygen atoms in total. The van der Waals surface area contributed by atoms with Gasteiger partial charge in [0.15, 0.2) is 6.10 Å². The smallest absolute Gasteiger partial charge is 0.339 e. The van der Waals surface area contributed by atoms with Gasteiger partial charge in [-0.15, -0.1) is 0 Å². The third kappa shape index (κ3) is 2.24. The zero-order valence-electron chi connectivity index (χ0n) is 19.3. The van der Waals surface area contributed by atoms with Crippen molar-refractivity contribution in [2.24, 2.45) is 16.2 Å². The molecule has 5 heterocycles. The van der Waals surface area contributed by atoms with Crippen molar-refractivity contribution < 1.29 is 33.0 Å². The summed E-state index contributed by atoms with van der Waals surface area (Å²) < 4.78 is 29.7. The van der Waals surface area contributed by atoms with Gasteiger partial charge in [-0.2, -0.15) is 0 Å². The van der Waals surface area contributed by atoms with Crippen molar-refractivity contribution in [3.05, 3.63) is 60.8 Å². The Morgan fingerprint density at radius 1 is 1.06 bits per heavy atom. The normalized spacial score (nSPS) is 46.9. The van der Waals surface area contributed by atoms with Gasteiger partial charge in [0.1, 0.15) is 29.2 Å². The number of hydrogen-bond acceptors (Lipinski definition) is 7. The summed E-state index contributed by atoms with van der Waals surface area (Å²) in [6, 6.07) is 1.84. The third-order valence-electron chi connectivity index (χ3n) is 9.04. The van der Waals surface area contributed by atoms with Crippen molar-refractivity contribution in [2.45, 2.75) is 70.1 Å². The van der Waals surface area contributed by atoms with Crippen molar-refractivity contribution in [1.29, 1.82) is 0 Å². The van der Waals surface area contributed by atoms with Crippen LogP contribution in [-0.4, -0.2) is 35.3 Å². The molecule has 3 fully saturated rings. The van der Waals surface area contributed by atoms with Crippen molar-refractivity contribution in [2.75, 3.05) is 0 Å². The maximum Gasteiger partial charge on any atom is 0.339 e. The van der Waals surface area contributed by atoms with Crippen LogP contribution in [-0.2, 0) is 28.5 Å². The summed E-state index contributed by atoms with van der Waals surface area (Å²) in [5.41, 5.74) is -2.66. The van der Waals surface area contributed by atoms with E-state index in [9.17, 15) is 9.59 Å². The Morgan fingerprint density at radius 2 is 1.85 bits per heavy atom. The zero-order chi connectivity index (χ0) is 23.4. The predicted octanol–water partition coefficient (Wildman–Crippen LogP) is 4.17. The molecule has 3 saturated heterocycles. The second-order valence-corrected chi connectivity index (χ2v) is 10.9. The quantitative estimate of drug-likeness (QED) is 0.378. The van der Waals surface area contributed by atoms with E-state index < -0.39 is 39.7 Å². The minimum Gasteiger partial charge on any atom is -0.493 e. The highest BCUT2D eigenvalue weighted by Gasteiger charge is 2.84. The van der Waals surface area contributed by atoms with Gasteiger partial charge in [0.25, 0.3) is 0 Å². The number of rotatable bonds is 2. The van der Waals surface area contributed by atoms with E-state index in [1.807, 2.05) is 26.0 Å². The number of furan rings is 1. The van der Waals surface area contributed by atoms with Crippen LogP contribution in [0.1, 0.15) is 52.2 Å². The SMILES string of the molecule is C=C1O[C@H]([C@]2(C)C=CC[C@@]3(C)[C@H](c4ccoc4)OC(=O)[C@H]4O[C@@]423)C[C@]12C=CC(=O)OC2(C)C. The monoisotopic (exact) mass is 452 g/mol. The van der Waals surface area contributed by atoms with Crippen LogP contribution in [0.2, 0.25) is 0 Å². The number of esters is 2. The molecule has 0 N–H and O–H groups in total. The highest BCUT2D eigenvalue weighted by molar-refractivity contribution is 5.84. The highest BCUT2D eigenvalue weighted by atomic mass is 16.7. The Kier molecular flexibility index (Phi) is 3.78. The molecule has 1 aromatic rings. The van der Waals surface area contributed by atoms with Crippen LogP contribution < -0.4 is 0 Å². The molecule has 1 aliphatic carbocycles. The van der Waals surface area contributed by atoms with Gasteiger partial charge in [0.05, 0.1) is 23.4 Å². The van der Waals surface area contributed by atoms with Gasteiger partial charge < -0.3 is 23.4 Å². The zero-order valence-corrected chi connectivity index (χ0v) is 19.3. The lowest BCUT2D eigenvalue weighted by atomic mass is 9.51. The first kappa shape index (κ1) is 20.8. The van der Waals surface area contributed by atoms with Gasteiger partial charge in [0.2, 0.25) is 0 Å². The molecule has 7 heteroatoms. The standard InChI is InChI=1S/C26H28O7/c1-15-25(11-7-18(27)32-22(25,2)3)13-17(30-15)23(4)9-6-10-24(5)19(16-8-12-29-14-16)31-21(28)20-26(23,24)33-20/h6-9,11-12,14,17,19-20H,1,10,13H2,2-5H3/t17-,19-,20+,23-,24-,25+,26-/m0/s1. The summed E-state index contributed by atoms with van der Waals surface area (Å²) in [5, 5.41) is 0. The summed E-state index contributed by atoms with van der Waals surface area (Å²) in [6.07, 6.45) is 10.5. The van der Waals surface area contributed by atoms with Gasteiger partial charge in [-0.05, 0) is 33.3 Å². The van der Waals surface area contributed by atoms with Crippen LogP contribution in [0.4, 0.5) is 0 Å². The van der Waals surface area contributed by atoms with E-state index >= 15 is 0 Å². The van der Waals surface area contributed by atoms with Gasteiger partial charge in [-0.1, -0.05) is 31.7 Å². The van der Waals surface area contributed by atoms with Crippen LogP contribution in [0.3, 0.4) is 0 Å². The first-order valence-electron chi connectivity index (χ1n) is 11.4. The molecule has 0 amide bonds. The number of allylic oxidation sites excluding steroid dienone is 1. The lowest BCUT2D eigenvalue weighted by Gasteiger charge is -2.54. The van der Waals surface area contributed by atoms with E-state index in [0.29, 0.717) is 18.6 Å². The molecule has 33 heavy (non-hydrogen) atoms. The summed E-state index contributed by atoms with van der Waals surface area (Å²) in [4.78, 5) is 25.0. The summed E-state index contributed by atoms with van der Waals surface area (Å²) in [7, 11) is 0. The summed E-state index contributed by atoms with van der Waals surface area (Å²) in [6.45, 7) is 12.2. The van der Waals surface area contributed by atoms with E-state index in [4.69, 9.17) is 23.4 Å². The predicted molar refractivity (Wildman–Crippen MR) is 115 cm³/mol. The first-order chi connectivity index (χ1) is 15.5. The van der Waals surface area contributed by atoms with E-state index in [2.05, 4.69) is 32.6 Å². The van der Waals surface area contributed by atoms with E-state index in [-0.39, 0.29) is 18.0 Å². The first-order valence-corrected chi connectivity index (χ1v) is 11.4. The molecule has 1 aromatic heterocycles. The van der Waals surface area contributed by atoms with E-state index in [0.717, 1.165) is 5.56 Å². The van der Waals surface area contributed by atoms with Crippen molar-refractivity contribution in [1.82, 2.24) is 0 Å². The topological polar surface area (TPSA) is 87.5 Å². The number of epoxide rings is 1. The molecular formula is C26H28O7. The molecule has 0 saturated carbocycles. The lowest BCUT2D eigenvalue weighted by Crippen LogP contribution is -2.62. The molecule has 5 aliphatic rings. The third-order valence-corrected chi connectivity index (χ3v) is 9.04. The van der Waals surface area contributed by atoms with Crippen LogP contribution in [0.5, 0.6) is 0 Å². The minimum atomic E-state index is -0.824. The maximum atomic E-state index is 13.0. The lowest BCUT2D eigenvalue weighted by molar-refractivity contribution is -0.176. The fraction of sp³-hybridized carbons (Fsp3) is 0.538. The van der Waals surface area contributed by atoms with Gasteiger partial charge in [0, 0.05) is 23.5 Å². The Balaban J connectivity index is 1.44. The largest absolute Gasteiger partial charge is 0.493 e. The number of cyclic esters (lactones) is 2. The maximum absolute atomic E-state index is 13.0. The average molecular weight is 453 g/mol. The summed E-state index contributed by atoms with van der Waals surface area (Å²) >= 11 is 0. The Bertz CT molecular complexity index is 1130. The summed E-state index contributed by atoms with van der Waals surface area (Å²) in [5.74, 6) is -0.180. The second kappa shape index (κ2) is 6.00. The molecule has 0 bridgehead atoms. The number of carbonyl (C=O) groups excluding carboxylic acids is 2. The fourth-order valence-corrected chi connectivity index (χ4v) is 7.05. The molecule has 2 spiro atoms. The van der Waals surface area contributed by atoms with Gasteiger partial charge >= 0.3 is 11.9 Å². The number of ether oxygens (including phenoxy) is 4. The molecular weight excluding hydrogens is 424 g/mol. The Morgan fingerprint density at radius 3 is 2.55 bits per heavy atom. The molecule has 0 aromatic carbocycles. The molecule has 6 rings (SSSR count). The fourth-order valence-electron chi connectivity index (χ4n) is 7.05. The average Bonchev–Trinajstić information content (AvgIpc) is 3.13.